The number of pyridine rings is 1. The van der Waals surface area contributed by atoms with Crippen molar-refractivity contribution in [2.24, 2.45) is 0 Å². The highest BCUT2D eigenvalue weighted by Gasteiger charge is 2.19. The minimum absolute atomic E-state index is 0.0313. The Morgan fingerprint density at radius 1 is 1.35 bits per heavy atom. The number of carbonyl (C=O) groups is 1. The highest BCUT2D eigenvalue weighted by atomic mass is 35.5. The number of nitrogens with zero attached hydrogens (tertiary/aromatic N) is 3. The van der Waals surface area contributed by atoms with Crippen LogP contribution < -0.4 is 5.32 Å². The Labute approximate surface area is 124 Å². The third-order valence-electron chi connectivity index (χ3n) is 3.41. The van der Waals surface area contributed by atoms with Gasteiger partial charge in [0.1, 0.15) is 11.0 Å². The molecule has 1 aliphatic rings. The molecule has 0 saturated carbocycles. The third-order valence-corrected chi connectivity index (χ3v) is 3.60. The molecule has 6 heteroatoms. The summed E-state index contributed by atoms with van der Waals surface area (Å²) in [5.74, 6) is 0.680. The highest BCUT2D eigenvalue weighted by Crippen LogP contribution is 2.17. The van der Waals surface area contributed by atoms with Crippen LogP contribution in [0, 0.1) is 0 Å². The number of likely N-dealkylation sites (N-methyl/N-ethyl adjacent to an activating group) is 1. The Kier molecular flexibility index (Phi) is 5.20. The number of halogens is 1. The molecule has 0 aliphatic carbocycles. The molecule has 0 spiro atoms. The van der Waals surface area contributed by atoms with Crippen LogP contribution in [0.1, 0.15) is 23.7 Å². The Bertz CT molecular complexity index is 480. The van der Waals surface area contributed by atoms with Crippen molar-refractivity contribution in [3.8, 4) is 0 Å². The second-order valence-electron chi connectivity index (χ2n) is 5.04. The average Bonchev–Trinajstić information content (AvgIpc) is 2.62. The average molecular weight is 297 g/mol. The van der Waals surface area contributed by atoms with E-state index in [0.717, 1.165) is 39.1 Å². The Morgan fingerprint density at radius 3 is 2.90 bits per heavy atom. The lowest BCUT2D eigenvalue weighted by atomic mass is 10.2. The van der Waals surface area contributed by atoms with Crippen molar-refractivity contribution in [1.29, 1.82) is 0 Å². The van der Waals surface area contributed by atoms with E-state index in [1.807, 2.05) is 11.8 Å². The number of hydrogen-bond acceptors (Lipinski definition) is 4. The zero-order chi connectivity index (χ0) is 14.5. The standard InChI is InChI=1S/C14H21ClN4O/c1-3-16-13-10-11(9-12(15)17-13)14(20)19-6-4-5-18(2)7-8-19/h9-10H,3-8H2,1-2H3,(H,16,17). The summed E-state index contributed by atoms with van der Waals surface area (Å²) in [5.41, 5.74) is 0.602. The van der Waals surface area contributed by atoms with Crippen LogP contribution in [0.5, 0.6) is 0 Å². The SMILES string of the molecule is CCNc1cc(C(=O)N2CCCN(C)CC2)cc(Cl)n1. The first kappa shape index (κ1) is 15.1. The normalized spacial score (nSPS) is 16.9. The first-order valence-corrected chi connectivity index (χ1v) is 7.37. The lowest BCUT2D eigenvalue weighted by Gasteiger charge is -2.21. The van der Waals surface area contributed by atoms with Crippen molar-refractivity contribution in [3.05, 3.63) is 22.8 Å². The van der Waals surface area contributed by atoms with Gasteiger partial charge in [0.25, 0.3) is 5.91 Å². The quantitative estimate of drug-likeness (QED) is 0.866. The van der Waals surface area contributed by atoms with Crippen LogP contribution in [0.25, 0.3) is 0 Å². The molecule has 0 atom stereocenters. The van der Waals surface area contributed by atoms with Crippen LogP contribution in [0.4, 0.5) is 5.82 Å². The van der Waals surface area contributed by atoms with Gasteiger partial charge < -0.3 is 15.1 Å². The molecule has 20 heavy (non-hydrogen) atoms. The maximum Gasteiger partial charge on any atom is 0.254 e. The maximum absolute atomic E-state index is 12.6. The lowest BCUT2D eigenvalue weighted by Crippen LogP contribution is -2.34. The molecule has 1 fully saturated rings. The van der Waals surface area contributed by atoms with Crippen LogP contribution >= 0.6 is 11.6 Å². The zero-order valence-corrected chi connectivity index (χ0v) is 12.8. The van der Waals surface area contributed by atoms with E-state index in [-0.39, 0.29) is 5.91 Å². The van der Waals surface area contributed by atoms with Crippen molar-refractivity contribution in [2.45, 2.75) is 13.3 Å². The van der Waals surface area contributed by atoms with Gasteiger partial charge in [-0.25, -0.2) is 4.98 Å². The number of amides is 1. The molecular formula is C14H21ClN4O. The van der Waals surface area contributed by atoms with Crippen molar-refractivity contribution >= 4 is 23.3 Å². The molecule has 0 unspecified atom stereocenters. The van der Waals surface area contributed by atoms with Crippen molar-refractivity contribution in [2.75, 3.05) is 45.1 Å². The maximum atomic E-state index is 12.6. The van der Waals surface area contributed by atoms with E-state index < -0.39 is 0 Å². The third kappa shape index (κ3) is 3.84. The molecule has 110 valence electrons. The molecule has 1 aromatic rings. The van der Waals surface area contributed by atoms with Gasteiger partial charge in [0, 0.05) is 31.7 Å². The van der Waals surface area contributed by atoms with Crippen molar-refractivity contribution in [1.82, 2.24) is 14.8 Å². The molecule has 2 heterocycles. The van der Waals surface area contributed by atoms with E-state index in [1.165, 1.54) is 0 Å². The van der Waals surface area contributed by atoms with Crippen LogP contribution in [0.15, 0.2) is 12.1 Å². The van der Waals surface area contributed by atoms with E-state index in [9.17, 15) is 4.79 Å². The first-order chi connectivity index (χ1) is 9.60. The molecule has 0 aromatic carbocycles. The minimum Gasteiger partial charge on any atom is -0.370 e. The number of carbonyl (C=O) groups excluding carboxylic acids is 1. The molecule has 0 radical (unpaired) electrons. The lowest BCUT2D eigenvalue weighted by molar-refractivity contribution is 0.0763. The van der Waals surface area contributed by atoms with Crippen molar-refractivity contribution < 1.29 is 4.79 Å². The second-order valence-corrected chi connectivity index (χ2v) is 5.43. The van der Waals surface area contributed by atoms with Gasteiger partial charge in [-0.2, -0.15) is 0 Å². The van der Waals surface area contributed by atoms with Gasteiger partial charge in [-0.1, -0.05) is 11.6 Å². The molecule has 0 bridgehead atoms. The predicted molar refractivity (Wildman–Crippen MR) is 81.4 cm³/mol. The van der Waals surface area contributed by atoms with E-state index >= 15 is 0 Å². The van der Waals surface area contributed by atoms with Gasteiger partial charge in [0.05, 0.1) is 0 Å². The fourth-order valence-electron chi connectivity index (χ4n) is 2.32. The van der Waals surface area contributed by atoms with Gasteiger partial charge in [0.2, 0.25) is 0 Å². The van der Waals surface area contributed by atoms with E-state index in [4.69, 9.17) is 11.6 Å². The Balaban J connectivity index is 2.15. The van der Waals surface area contributed by atoms with Gasteiger partial charge in [-0.05, 0) is 39.1 Å². The molecule has 1 N–H and O–H groups in total. The van der Waals surface area contributed by atoms with Gasteiger partial charge in [-0.15, -0.1) is 0 Å². The minimum atomic E-state index is 0.0313. The van der Waals surface area contributed by atoms with Crippen LogP contribution in [-0.2, 0) is 0 Å². The van der Waals surface area contributed by atoms with Crippen LogP contribution in [0.2, 0.25) is 5.15 Å². The second kappa shape index (κ2) is 6.90. The molecule has 2 rings (SSSR count). The van der Waals surface area contributed by atoms with E-state index in [0.29, 0.717) is 16.5 Å². The molecule has 1 aliphatic heterocycles. The fourth-order valence-corrected chi connectivity index (χ4v) is 2.53. The fraction of sp³-hybridized carbons (Fsp3) is 0.571. The number of nitrogens with one attached hydrogen (secondary N) is 1. The zero-order valence-electron chi connectivity index (χ0n) is 12.0. The van der Waals surface area contributed by atoms with Crippen LogP contribution in [0.3, 0.4) is 0 Å². The summed E-state index contributed by atoms with van der Waals surface area (Å²) in [5, 5.41) is 3.44. The smallest absolute Gasteiger partial charge is 0.254 e. The summed E-state index contributed by atoms with van der Waals surface area (Å²) < 4.78 is 0. The summed E-state index contributed by atoms with van der Waals surface area (Å²) >= 11 is 5.99. The number of aromatic nitrogens is 1. The molecule has 1 aromatic heterocycles. The summed E-state index contributed by atoms with van der Waals surface area (Å²) in [4.78, 5) is 20.9. The van der Waals surface area contributed by atoms with E-state index in [1.54, 1.807) is 12.1 Å². The van der Waals surface area contributed by atoms with Crippen molar-refractivity contribution in [3.63, 3.8) is 0 Å². The summed E-state index contributed by atoms with van der Waals surface area (Å²) in [6.45, 7) is 6.21. The first-order valence-electron chi connectivity index (χ1n) is 6.99. The van der Waals surface area contributed by atoms with Gasteiger partial charge in [-0.3, -0.25) is 4.79 Å². The molecule has 1 saturated heterocycles. The summed E-state index contributed by atoms with van der Waals surface area (Å²) in [7, 11) is 2.08. The molecule has 5 nitrogen and oxygen atoms in total. The van der Waals surface area contributed by atoms with E-state index in [2.05, 4.69) is 22.2 Å². The predicted octanol–water partition coefficient (Wildman–Crippen LogP) is 1.94. The number of hydrogen-bond donors (Lipinski definition) is 1. The number of anilines is 1. The monoisotopic (exact) mass is 296 g/mol. The molecule has 1 amide bonds. The Hall–Kier alpha value is -1.33. The van der Waals surface area contributed by atoms with Gasteiger partial charge >= 0.3 is 0 Å². The van der Waals surface area contributed by atoms with Gasteiger partial charge in [0.15, 0.2) is 0 Å². The summed E-state index contributed by atoms with van der Waals surface area (Å²) in [6.07, 6.45) is 1.00. The topological polar surface area (TPSA) is 48.5 Å². The van der Waals surface area contributed by atoms with Crippen LogP contribution in [-0.4, -0.2) is 60.5 Å². The highest BCUT2D eigenvalue weighted by molar-refractivity contribution is 6.29. The molecular weight excluding hydrogens is 276 g/mol. The summed E-state index contributed by atoms with van der Waals surface area (Å²) in [6, 6.07) is 3.41. The largest absolute Gasteiger partial charge is 0.370 e. The Morgan fingerprint density at radius 2 is 2.15 bits per heavy atom. The number of rotatable bonds is 3.